The van der Waals surface area contributed by atoms with E-state index < -0.39 is 30.0 Å². The Bertz CT molecular complexity index is 1110. The molecule has 0 aliphatic carbocycles. The molecule has 0 bridgehead atoms. The number of anilines is 1. The number of nitrogens with one attached hydrogen (secondary N) is 2. The largest absolute Gasteiger partial charge is 0.496 e. The van der Waals surface area contributed by atoms with Gasteiger partial charge in [0.15, 0.2) is 6.04 Å². The van der Waals surface area contributed by atoms with Crippen molar-refractivity contribution in [2.45, 2.75) is 31.2 Å². The second-order valence-electron chi connectivity index (χ2n) is 7.39. The molecule has 3 aromatic rings. The first-order valence-electron chi connectivity index (χ1n) is 9.84. The van der Waals surface area contributed by atoms with Gasteiger partial charge in [0.25, 0.3) is 5.91 Å². The van der Waals surface area contributed by atoms with Gasteiger partial charge in [0, 0.05) is 18.5 Å². The first-order valence-corrected chi connectivity index (χ1v) is 9.84. The number of halogens is 4. The summed E-state index contributed by atoms with van der Waals surface area (Å²) < 4.78 is 60.7. The van der Waals surface area contributed by atoms with Crippen molar-refractivity contribution in [1.29, 1.82) is 0 Å². The molecule has 0 saturated heterocycles. The Morgan fingerprint density at radius 3 is 2.62 bits per heavy atom. The maximum Gasteiger partial charge on any atom is 0.410 e. The van der Waals surface area contributed by atoms with Crippen molar-refractivity contribution in [3.63, 3.8) is 0 Å². The molecule has 0 unspecified atom stereocenters. The number of benzene rings is 2. The molecule has 1 amide bonds. The lowest BCUT2D eigenvalue weighted by Crippen LogP contribution is -2.36. The molecule has 1 aliphatic rings. The summed E-state index contributed by atoms with van der Waals surface area (Å²) in [6, 6.07) is 9.68. The zero-order valence-electron chi connectivity index (χ0n) is 17.0. The number of para-hydroxylation sites is 1. The van der Waals surface area contributed by atoms with Crippen molar-refractivity contribution in [1.82, 2.24) is 15.1 Å². The van der Waals surface area contributed by atoms with E-state index in [0.717, 1.165) is 10.9 Å². The van der Waals surface area contributed by atoms with Gasteiger partial charge >= 0.3 is 6.18 Å². The Labute approximate surface area is 181 Å². The first kappa shape index (κ1) is 21.7. The molecule has 10 heteroatoms. The average Bonchev–Trinajstić information content (AvgIpc) is 3.21. The van der Waals surface area contributed by atoms with E-state index in [1.165, 1.54) is 31.4 Å². The standard InChI is InChI=1S/C22H20F4N4O2/c1-32-18-5-3-2-4-15(18)17-10-19(22(24,25)26)30-20(29-17)16(12-28-30)21(31)27-11-13-6-8-14(23)9-7-13/h2-9,12,17,19,29H,10-11H2,1H3,(H,27,31)/t17-,19+/m1/s1. The van der Waals surface area contributed by atoms with Crippen LogP contribution in [0.1, 0.15) is 40.0 Å². The van der Waals surface area contributed by atoms with E-state index in [0.29, 0.717) is 16.9 Å². The molecular formula is C22H20F4N4O2. The topological polar surface area (TPSA) is 68.2 Å². The van der Waals surface area contributed by atoms with Crippen LogP contribution in [0.5, 0.6) is 5.75 Å². The van der Waals surface area contributed by atoms with Gasteiger partial charge in [-0.15, -0.1) is 0 Å². The molecule has 1 aliphatic heterocycles. The predicted octanol–water partition coefficient (Wildman–Crippen LogP) is 4.62. The summed E-state index contributed by atoms with van der Waals surface area (Å²) in [7, 11) is 1.45. The number of hydrogen-bond acceptors (Lipinski definition) is 4. The van der Waals surface area contributed by atoms with Gasteiger partial charge in [-0.2, -0.15) is 18.3 Å². The van der Waals surface area contributed by atoms with Gasteiger partial charge in [-0.3, -0.25) is 4.79 Å². The molecule has 6 nitrogen and oxygen atoms in total. The summed E-state index contributed by atoms with van der Waals surface area (Å²) in [5.74, 6) is -0.576. The zero-order valence-corrected chi connectivity index (χ0v) is 17.0. The fourth-order valence-corrected chi connectivity index (χ4v) is 3.77. The Hall–Kier alpha value is -3.56. The Morgan fingerprint density at radius 1 is 1.22 bits per heavy atom. The van der Waals surface area contributed by atoms with E-state index in [9.17, 15) is 22.4 Å². The number of rotatable bonds is 5. The Kier molecular flexibility index (Phi) is 5.77. The number of amides is 1. The Balaban J connectivity index is 1.63. The third-order valence-electron chi connectivity index (χ3n) is 5.36. The van der Waals surface area contributed by atoms with Crippen molar-refractivity contribution in [2.75, 3.05) is 12.4 Å². The lowest BCUT2D eigenvalue weighted by atomic mass is 9.95. The molecule has 2 aromatic carbocycles. The maximum absolute atomic E-state index is 13.9. The summed E-state index contributed by atoms with van der Waals surface area (Å²) in [6.07, 6.45) is -3.76. The van der Waals surface area contributed by atoms with Gasteiger partial charge < -0.3 is 15.4 Å². The van der Waals surface area contributed by atoms with Crippen LogP contribution in [0.2, 0.25) is 0 Å². The van der Waals surface area contributed by atoms with Crippen molar-refractivity contribution >= 4 is 11.7 Å². The molecule has 0 saturated carbocycles. The third-order valence-corrected chi connectivity index (χ3v) is 5.36. The summed E-state index contributed by atoms with van der Waals surface area (Å²) in [6.45, 7) is 0.0857. The smallest absolute Gasteiger partial charge is 0.410 e. The monoisotopic (exact) mass is 448 g/mol. The number of methoxy groups -OCH3 is 1. The minimum Gasteiger partial charge on any atom is -0.496 e. The van der Waals surface area contributed by atoms with Crippen LogP contribution in [-0.2, 0) is 6.54 Å². The van der Waals surface area contributed by atoms with Crippen LogP contribution in [0.3, 0.4) is 0 Å². The first-order chi connectivity index (χ1) is 15.3. The predicted molar refractivity (Wildman–Crippen MR) is 109 cm³/mol. The maximum atomic E-state index is 13.9. The van der Waals surface area contributed by atoms with Gasteiger partial charge in [-0.25, -0.2) is 9.07 Å². The third kappa shape index (κ3) is 4.25. The summed E-state index contributed by atoms with van der Waals surface area (Å²) in [5, 5.41) is 9.53. The average molecular weight is 448 g/mol. The van der Waals surface area contributed by atoms with Crippen LogP contribution < -0.4 is 15.4 Å². The van der Waals surface area contributed by atoms with Crippen molar-refractivity contribution < 1.29 is 27.1 Å². The van der Waals surface area contributed by atoms with E-state index in [2.05, 4.69) is 15.7 Å². The molecule has 0 radical (unpaired) electrons. The minimum absolute atomic E-state index is 0.0130. The number of fused-ring (bicyclic) bond motifs is 1. The second-order valence-corrected chi connectivity index (χ2v) is 7.39. The number of aromatic nitrogens is 2. The van der Waals surface area contributed by atoms with Crippen LogP contribution in [-0.4, -0.2) is 29.0 Å². The molecule has 0 spiro atoms. The molecule has 168 valence electrons. The van der Waals surface area contributed by atoms with Crippen LogP contribution in [0.15, 0.2) is 54.7 Å². The SMILES string of the molecule is COc1ccccc1[C@H]1C[C@@H](C(F)(F)F)n2ncc(C(=O)NCc3ccc(F)cc3)c2N1. The van der Waals surface area contributed by atoms with Crippen LogP contribution >= 0.6 is 0 Å². The molecule has 2 atom stereocenters. The second kappa shape index (κ2) is 8.52. The lowest BCUT2D eigenvalue weighted by molar-refractivity contribution is -0.173. The zero-order chi connectivity index (χ0) is 22.9. The normalized spacial score (nSPS) is 17.9. The highest BCUT2D eigenvalue weighted by Crippen LogP contribution is 2.45. The fourth-order valence-electron chi connectivity index (χ4n) is 3.77. The van der Waals surface area contributed by atoms with Crippen LogP contribution in [0.4, 0.5) is 23.4 Å². The van der Waals surface area contributed by atoms with E-state index in [-0.39, 0.29) is 24.3 Å². The molecule has 32 heavy (non-hydrogen) atoms. The molecular weight excluding hydrogens is 428 g/mol. The van der Waals surface area contributed by atoms with Crippen molar-refractivity contribution in [2.24, 2.45) is 0 Å². The number of nitrogens with zero attached hydrogens (tertiary/aromatic N) is 2. The number of alkyl halides is 3. The highest BCUT2D eigenvalue weighted by atomic mass is 19.4. The fraction of sp³-hybridized carbons (Fsp3) is 0.273. The molecule has 4 rings (SSSR count). The number of carbonyl (C=O) groups is 1. The van der Waals surface area contributed by atoms with Crippen LogP contribution in [0.25, 0.3) is 0 Å². The van der Waals surface area contributed by atoms with Crippen molar-refractivity contribution in [3.05, 3.63) is 77.2 Å². The molecule has 2 heterocycles. The van der Waals surface area contributed by atoms with Crippen LogP contribution in [0, 0.1) is 5.82 Å². The number of ether oxygens (including phenoxy) is 1. The minimum atomic E-state index is -4.56. The molecule has 2 N–H and O–H groups in total. The Morgan fingerprint density at radius 2 is 1.94 bits per heavy atom. The highest BCUT2D eigenvalue weighted by Gasteiger charge is 2.47. The summed E-state index contributed by atoms with van der Waals surface area (Å²) in [4.78, 5) is 12.8. The van der Waals surface area contributed by atoms with E-state index >= 15 is 0 Å². The van der Waals surface area contributed by atoms with Gasteiger partial charge in [0.2, 0.25) is 0 Å². The quantitative estimate of drug-likeness (QED) is 0.559. The number of hydrogen-bond donors (Lipinski definition) is 2. The van der Waals surface area contributed by atoms with Gasteiger partial charge in [0.1, 0.15) is 22.9 Å². The van der Waals surface area contributed by atoms with Gasteiger partial charge in [-0.05, 0) is 23.8 Å². The lowest BCUT2D eigenvalue weighted by Gasteiger charge is -2.34. The van der Waals surface area contributed by atoms with E-state index in [4.69, 9.17) is 4.74 Å². The number of carbonyl (C=O) groups excluding carboxylic acids is 1. The van der Waals surface area contributed by atoms with Crippen molar-refractivity contribution in [3.8, 4) is 5.75 Å². The highest BCUT2D eigenvalue weighted by molar-refractivity contribution is 5.98. The van der Waals surface area contributed by atoms with E-state index in [1.54, 1.807) is 24.3 Å². The van der Waals surface area contributed by atoms with Gasteiger partial charge in [0.05, 0.1) is 19.3 Å². The summed E-state index contributed by atoms with van der Waals surface area (Å²) >= 11 is 0. The summed E-state index contributed by atoms with van der Waals surface area (Å²) in [5.41, 5.74) is 1.18. The van der Waals surface area contributed by atoms with E-state index in [1.807, 2.05) is 0 Å². The van der Waals surface area contributed by atoms with Gasteiger partial charge in [-0.1, -0.05) is 30.3 Å². The molecule has 0 fully saturated rings. The molecule has 1 aromatic heterocycles.